The first-order chi connectivity index (χ1) is 10.1. The summed E-state index contributed by atoms with van der Waals surface area (Å²) in [5.74, 6) is 0. The molecular weight excluding hydrogens is 270 g/mol. The Kier molecular flexibility index (Phi) is 5.95. The zero-order valence-corrected chi connectivity index (χ0v) is 12.4. The van der Waals surface area contributed by atoms with E-state index in [1.807, 2.05) is 13.0 Å². The molecule has 1 aromatic carbocycles. The van der Waals surface area contributed by atoms with Gasteiger partial charge in [-0.3, -0.25) is 10.1 Å². The molecule has 0 amide bonds. The largest absolute Gasteiger partial charge is 0.385 e. The quantitative estimate of drug-likeness (QED) is 0.459. The summed E-state index contributed by atoms with van der Waals surface area (Å²) < 4.78 is 5.82. The van der Waals surface area contributed by atoms with Crippen LogP contribution in [0.3, 0.4) is 0 Å². The summed E-state index contributed by atoms with van der Waals surface area (Å²) in [5.41, 5.74) is 1.81. The van der Waals surface area contributed by atoms with Gasteiger partial charge in [-0.05, 0) is 50.9 Å². The summed E-state index contributed by atoms with van der Waals surface area (Å²) in [4.78, 5) is 10.4. The first-order valence-corrected chi connectivity index (χ1v) is 7.47. The third-order valence-electron chi connectivity index (χ3n) is 3.56. The lowest BCUT2D eigenvalue weighted by Crippen LogP contribution is -2.32. The van der Waals surface area contributed by atoms with Gasteiger partial charge in [-0.25, -0.2) is 0 Å². The molecule has 0 spiro atoms. The highest BCUT2D eigenvalue weighted by Gasteiger charge is 2.12. The maximum Gasteiger partial charge on any atom is 0.271 e. The highest BCUT2D eigenvalue weighted by molar-refractivity contribution is 5.53. The molecule has 1 aliphatic rings. The van der Waals surface area contributed by atoms with E-state index in [1.165, 1.54) is 0 Å². The summed E-state index contributed by atoms with van der Waals surface area (Å²) in [6.07, 6.45) is 3.44. The molecule has 21 heavy (non-hydrogen) atoms. The summed E-state index contributed by atoms with van der Waals surface area (Å²) in [6.45, 7) is 5.42. The fourth-order valence-electron chi connectivity index (χ4n) is 2.49. The van der Waals surface area contributed by atoms with Crippen molar-refractivity contribution in [1.29, 1.82) is 0 Å². The fraction of sp³-hybridized carbons (Fsp3) is 0.600. The van der Waals surface area contributed by atoms with Gasteiger partial charge in [0.2, 0.25) is 0 Å². The van der Waals surface area contributed by atoms with Crippen LogP contribution >= 0.6 is 0 Å². The van der Waals surface area contributed by atoms with Crippen molar-refractivity contribution in [3.05, 3.63) is 33.9 Å². The smallest absolute Gasteiger partial charge is 0.271 e. The van der Waals surface area contributed by atoms with E-state index in [0.717, 1.165) is 56.8 Å². The van der Waals surface area contributed by atoms with E-state index in [9.17, 15) is 10.1 Å². The van der Waals surface area contributed by atoms with E-state index in [0.29, 0.717) is 6.10 Å². The first-order valence-electron chi connectivity index (χ1n) is 7.47. The van der Waals surface area contributed by atoms with E-state index >= 15 is 0 Å². The molecule has 116 valence electrons. The van der Waals surface area contributed by atoms with E-state index < -0.39 is 0 Å². The van der Waals surface area contributed by atoms with Crippen molar-refractivity contribution in [3.8, 4) is 0 Å². The number of non-ortho nitro benzene ring substituents is 1. The van der Waals surface area contributed by atoms with Gasteiger partial charge in [-0.15, -0.1) is 0 Å². The minimum atomic E-state index is -0.363. The van der Waals surface area contributed by atoms with Gasteiger partial charge in [0.15, 0.2) is 0 Å². The molecule has 0 saturated carbocycles. The van der Waals surface area contributed by atoms with Crippen LogP contribution in [0.15, 0.2) is 18.2 Å². The third-order valence-corrected chi connectivity index (χ3v) is 3.56. The van der Waals surface area contributed by atoms with Crippen molar-refractivity contribution in [3.63, 3.8) is 0 Å². The topological polar surface area (TPSA) is 76.4 Å². The molecule has 0 radical (unpaired) electrons. The summed E-state index contributed by atoms with van der Waals surface area (Å²) in [6, 6.07) is 5.06. The van der Waals surface area contributed by atoms with Gasteiger partial charge >= 0.3 is 0 Å². The molecule has 2 rings (SSSR count). The number of hydrogen-bond donors (Lipinski definition) is 2. The van der Waals surface area contributed by atoms with Crippen molar-refractivity contribution >= 4 is 11.4 Å². The molecule has 2 N–H and O–H groups in total. The third kappa shape index (κ3) is 5.32. The Balaban J connectivity index is 1.69. The fourth-order valence-corrected chi connectivity index (χ4v) is 2.49. The highest BCUT2D eigenvalue weighted by atomic mass is 16.6. The number of ether oxygens (including phenoxy) is 1. The Hall–Kier alpha value is -1.66. The summed E-state index contributed by atoms with van der Waals surface area (Å²) >= 11 is 0. The predicted octanol–water partition coefficient (Wildman–Crippen LogP) is 2.47. The minimum absolute atomic E-state index is 0.128. The lowest BCUT2D eigenvalue weighted by molar-refractivity contribution is -0.384. The Morgan fingerprint density at radius 2 is 2.14 bits per heavy atom. The maximum absolute atomic E-state index is 10.8. The standard InChI is InChI=1S/C15H23N3O3/c1-12-9-13(11-14(10-12)18(19)20)17-5-2-8-21-15-3-6-16-7-4-15/h9-11,15-17H,2-8H2,1H3. The molecule has 1 aromatic rings. The molecule has 1 fully saturated rings. The molecule has 1 aliphatic heterocycles. The van der Waals surface area contributed by atoms with E-state index in [-0.39, 0.29) is 10.6 Å². The monoisotopic (exact) mass is 293 g/mol. The van der Waals surface area contributed by atoms with Crippen molar-refractivity contribution in [1.82, 2.24) is 5.32 Å². The Bertz CT molecular complexity index is 473. The number of anilines is 1. The van der Waals surface area contributed by atoms with Crippen LogP contribution in [0.5, 0.6) is 0 Å². The van der Waals surface area contributed by atoms with Crippen LogP contribution in [-0.4, -0.2) is 37.3 Å². The van der Waals surface area contributed by atoms with Gasteiger partial charge < -0.3 is 15.4 Å². The molecule has 1 heterocycles. The van der Waals surface area contributed by atoms with Crippen molar-refractivity contribution in [2.75, 3.05) is 31.6 Å². The molecule has 1 saturated heterocycles. The Morgan fingerprint density at radius 3 is 2.86 bits per heavy atom. The molecule has 0 bridgehead atoms. The Morgan fingerprint density at radius 1 is 1.38 bits per heavy atom. The van der Waals surface area contributed by atoms with Gasteiger partial charge in [0.25, 0.3) is 5.69 Å². The summed E-state index contributed by atoms with van der Waals surface area (Å²) in [7, 11) is 0. The molecule has 0 atom stereocenters. The lowest BCUT2D eigenvalue weighted by Gasteiger charge is -2.22. The number of nitrogens with zero attached hydrogens (tertiary/aromatic N) is 1. The maximum atomic E-state index is 10.8. The van der Waals surface area contributed by atoms with Gasteiger partial charge in [0.1, 0.15) is 0 Å². The number of benzene rings is 1. The molecule has 6 nitrogen and oxygen atoms in total. The number of nitro groups is 1. The molecular formula is C15H23N3O3. The van der Waals surface area contributed by atoms with E-state index in [1.54, 1.807) is 12.1 Å². The minimum Gasteiger partial charge on any atom is -0.385 e. The number of nitrogens with one attached hydrogen (secondary N) is 2. The van der Waals surface area contributed by atoms with Crippen LogP contribution in [0.25, 0.3) is 0 Å². The number of nitro benzene ring substituents is 1. The van der Waals surface area contributed by atoms with Crippen LogP contribution in [0, 0.1) is 17.0 Å². The number of rotatable bonds is 7. The van der Waals surface area contributed by atoms with E-state index in [4.69, 9.17) is 4.74 Å². The average Bonchev–Trinajstić information content (AvgIpc) is 2.47. The molecule has 6 heteroatoms. The highest BCUT2D eigenvalue weighted by Crippen LogP contribution is 2.20. The van der Waals surface area contributed by atoms with Crippen LogP contribution in [0.4, 0.5) is 11.4 Å². The second-order valence-corrected chi connectivity index (χ2v) is 5.41. The average molecular weight is 293 g/mol. The predicted molar refractivity (Wildman–Crippen MR) is 82.8 cm³/mol. The van der Waals surface area contributed by atoms with Crippen LogP contribution in [-0.2, 0) is 4.74 Å². The van der Waals surface area contributed by atoms with Crippen molar-refractivity contribution < 1.29 is 9.66 Å². The Labute approximate surface area is 125 Å². The van der Waals surface area contributed by atoms with Gasteiger partial charge in [0.05, 0.1) is 11.0 Å². The van der Waals surface area contributed by atoms with Crippen LogP contribution in [0.2, 0.25) is 0 Å². The number of aryl methyl sites for hydroxylation is 1. The van der Waals surface area contributed by atoms with Crippen LogP contribution < -0.4 is 10.6 Å². The van der Waals surface area contributed by atoms with Crippen molar-refractivity contribution in [2.45, 2.75) is 32.3 Å². The lowest BCUT2D eigenvalue weighted by atomic mass is 10.1. The number of piperidine rings is 1. The zero-order valence-electron chi connectivity index (χ0n) is 12.4. The van der Waals surface area contributed by atoms with Crippen molar-refractivity contribution in [2.24, 2.45) is 0 Å². The molecule has 0 aliphatic carbocycles. The molecule has 0 aromatic heterocycles. The number of hydrogen-bond acceptors (Lipinski definition) is 5. The first kappa shape index (κ1) is 15.7. The normalized spacial score (nSPS) is 15.9. The van der Waals surface area contributed by atoms with E-state index in [2.05, 4.69) is 10.6 Å². The second kappa shape index (κ2) is 7.95. The SMILES string of the molecule is Cc1cc(NCCCOC2CCNCC2)cc([N+](=O)[O-])c1. The zero-order chi connectivity index (χ0) is 15.1. The van der Waals surface area contributed by atoms with Gasteiger partial charge in [0, 0.05) is 31.0 Å². The van der Waals surface area contributed by atoms with Gasteiger partial charge in [-0.1, -0.05) is 0 Å². The second-order valence-electron chi connectivity index (χ2n) is 5.41. The van der Waals surface area contributed by atoms with Crippen LogP contribution in [0.1, 0.15) is 24.8 Å². The molecule has 0 unspecified atom stereocenters. The van der Waals surface area contributed by atoms with Gasteiger partial charge in [-0.2, -0.15) is 0 Å². The summed E-state index contributed by atoms with van der Waals surface area (Å²) in [5, 5.41) is 17.3.